The molecule has 1 heteroatoms. The summed E-state index contributed by atoms with van der Waals surface area (Å²) in [6, 6.07) is 1.74. The summed E-state index contributed by atoms with van der Waals surface area (Å²) in [5.41, 5.74) is 0. The molecule has 1 N–H and O–H groups in total. The zero-order valence-corrected chi connectivity index (χ0v) is 27.0. The number of fused-ring (bicyclic) bond motifs is 4. The molecule has 232 valence electrons. The van der Waals surface area contributed by atoms with E-state index < -0.39 is 0 Å². The second-order valence-corrected chi connectivity index (χ2v) is 17.9. The molecule has 1 nitrogen and oxygen atoms in total. The van der Waals surface area contributed by atoms with Gasteiger partial charge in [0.15, 0.2) is 0 Å². The summed E-state index contributed by atoms with van der Waals surface area (Å²) in [5.74, 6) is 13.1. The van der Waals surface area contributed by atoms with Crippen LogP contribution in [0.25, 0.3) is 0 Å². The first-order valence-corrected chi connectivity index (χ1v) is 20.1. The second kappa shape index (κ2) is 12.8. The third-order valence-electron chi connectivity index (χ3n) is 16.2. The van der Waals surface area contributed by atoms with Gasteiger partial charge in [-0.25, -0.2) is 0 Å². The first-order chi connectivity index (χ1) is 20.3. The SMILES string of the molecule is C1CCC2C(C1)CC1CCCCC1C2NC1CCC(C2CCC(C3C4CCCCC4CC4CCCCC43)CC2)CC1. The lowest BCUT2D eigenvalue weighted by molar-refractivity contribution is -0.0535. The minimum absolute atomic E-state index is 0.851. The number of rotatable bonds is 4. The average Bonchev–Trinajstić information content (AvgIpc) is 3.04. The molecule has 0 radical (unpaired) electrons. The minimum atomic E-state index is 0.851. The highest BCUT2D eigenvalue weighted by Gasteiger charge is 2.50. The van der Waals surface area contributed by atoms with Gasteiger partial charge in [0, 0.05) is 12.1 Å². The molecular weight excluding hydrogens is 494 g/mol. The van der Waals surface area contributed by atoms with Gasteiger partial charge < -0.3 is 5.32 Å². The monoisotopic (exact) mass is 562 g/mol. The van der Waals surface area contributed by atoms with Gasteiger partial charge in [0.1, 0.15) is 0 Å². The molecule has 0 heterocycles. The fourth-order valence-corrected chi connectivity index (χ4v) is 14.5. The van der Waals surface area contributed by atoms with E-state index in [-0.39, 0.29) is 0 Å². The van der Waals surface area contributed by atoms with E-state index in [4.69, 9.17) is 0 Å². The molecular formula is C40H67N. The third-order valence-corrected chi connectivity index (χ3v) is 16.2. The van der Waals surface area contributed by atoms with E-state index in [9.17, 15) is 0 Å². The number of hydrogen-bond acceptors (Lipinski definition) is 1. The van der Waals surface area contributed by atoms with Crippen LogP contribution in [-0.4, -0.2) is 12.1 Å². The molecule has 0 aromatic carbocycles. The zero-order valence-electron chi connectivity index (χ0n) is 27.0. The highest BCUT2D eigenvalue weighted by Crippen LogP contribution is 2.58. The molecule has 8 atom stereocenters. The van der Waals surface area contributed by atoms with Crippen molar-refractivity contribution in [1.82, 2.24) is 5.32 Å². The number of nitrogens with one attached hydrogen (secondary N) is 1. The van der Waals surface area contributed by atoms with E-state index in [2.05, 4.69) is 5.32 Å². The normalized spacial score (nSPS) is 52.4. The summed E-state index contributed by atoms with van der Waals surface area (Å²) in [6.45, 7) is 0. The van der Waals surface area contributed by atoms with Crippen LogP contribution >= 0.6 is 0 Å². The van der Waals surface area contributed by atoms with E-state index in [1.165, 1.54) is 38.5 Å². The van der Waals surface area contributed by atoms with Gasteiger partial charge in [-0.15, -0.1) is 0 Å². The average molecular weight is 562 g/mol. The second-order valence-electron chi connectivity index (χ2n) is 17.9. The molecule has 0 spiro atoms. The molecule has 8 fully saturated rings. The Morgan fingerprint density at radius 1 is 0.293 bits per heavy atom. The van der Waals surface area contributed by atoms with Crippen molar-refractivity contribution in [1.29, 1.82) is 0 Å². The lowest BCUT2D eigenvalue weighted by Crippen LogP contribution is -2.56. The minimum Gasteiger partial charge on any atom is -0.311 e. The van der Waals surface area contributed by atoms with Crippen molar-refractivity contribution in [2.24, 2.45) is 71.0 Å². The molecule has 0 aromatic heterocycles. The van der Waals surface area contributed by atoms with Gasteiger partial charge in [-0.3, -0.25) is 0 Å². The first kappa shape index (κ1) is 28.4. The van der Waals surface area contributed by atoms with Gasteiger partial charge in [-0.2, -0.15) is 0 Å². The molecule has 8 rings (SSSR count). The molecule has 8 unspecified atom stereocenters. The third kappa shape index (κ3) is 5.76. The number of hydrogen-bond donors (Lipinski definition) is 1. The molecule has 0 saturated heterocycles. The largest absolute Gasteiger partial charge is 0.311 e. The van der Waals surface area contributed by atoms with Gasteiger partial charge in [-0.05, 0) is 161 Å². The Balaban J connectivity index is 0.857. The van der Waals surface area contributed by atoms with Crippen LogP contribution in [0.3, 0.4) is 0 Å². The zero-order chi connectivity index (χ0) is 27.2. The van der Waals surface area contributed by atoms with Crippen molar-refractivity contribution >= 4 is 0 Å². The van der Waals surface area contributed by atoms with Crippen LogP contribution in [0.5, 0.6) is 0 Å². The van der Waals surface area contributed by atoms with Crippen LogP contribution in [0, 0.1) is 71.0 Å². The Morgan fingerprint density at radius 3 is 1.15 bits per heavy atom. The molecule has 8 aliphatic carbocycles. The van der Waals surface area contributed by atoms with E-state index in [1.807, 2.05) is 0 Å². The van der Waals surface area contributed by atoms with Crippen LogP contribution in [0.1, 0.15) is 167 Å². The summed E-state index contributed by atoms with van der Waals surface area (Å²) in [6.07, 6.45) is 40.8. The van der Waals surface area contributed by atoms with Crippen LogP contribution in [-0.2, 0) is 0 Å². The Morgan fingerprint density at radius 2 is 0.659 bits per heavy atom. The van der Waals surface area contributed by atoms with Crippen LogP contribution < -0.4 is 5.32 Å². The van der Waals surface area contributed by atoms with Crippen LogP contribution in [0.2, 0.25) is 0 Å². The standard InChI is InChI=1S/C40H67N/c1-5-13-35-30(9-1)25-31-10-2-6-14-36(31)39(35)29-19-17-27(18-20-29)28-21-23-34(24-22-28)41-40-37-15-7-3-11-32(37)26-33-12-4-8-16-38(33)40/h27-41H,1-26H2. The Labute approximate surface area is 254 Å². The fourth-order valence-electron chi connectivity index (χ4n) is 14.5. The molecule has 0 amide bonds. The predicted octanol–water partition coefficient (Wildman–Crippen LogP) is 11.0. The molecule has 0 bridgehead atoms. The fraction of sp³-hybridized carbons (Fsp3) is 1.00. The van der Waals surface area contributed by atoms with Gasteiger partial charge in [0.25, 0.3) is 0 Å². The lowest BCUT2D eigenvalue weighted by atomic mass is 9.50. The molecule has 8 aliphatic rings. The van der Waals surface area contributed by atoms with Crippen molar-refractivity contribution in [2.75, 3.05) is 0 Å². The summed E-state index contributed by atoms with van der Waals surface area (Å²) < 4.78 is 0. The van der Waals surface area contributed by atoms with E-state index in [0.717, 1.165) is 83.1 Å². The Kier molecular flexibility index (Phi) is 8.85. The van der Waals surface area contributed by atoms with Crippen LogP contribution in [0.15, 0.2) is 0 Å². The van der Waals surface area contributed by atoms with E-state index >= 15 is 0 Å². The van der Waals surface area contributed by atoms with Crippen molar-refractivity contribution in [3.63, 3.8) is 0 Å². The maximum atomic E-state index is 4.48. The van der Waals surface area contributed by atoms with E-state index in [1.54, 1.807) is 128 Å². The van der Waals surface area contributed by atoms with Crippen molar-refractivity contribution in [3.8, 4) is 0 Å². The highest BCUT2D eigenvalue weighted by molar-refractivity contribution is 5.01. The topological polar surface area (TPSA) is 12.0 Å². The highest BCUT2D eigenvalue weighted by atomic mass is 15.0. The molecule has 0 aliphatic heterocycles. The van der Waals surface area contributed by atoms with Gasteiger partial charge in [0.05, 0.1) is 0 Å². The quantitative estimate of drug-likeness (QED) is 0.360. The Bertz CT molecular complexity index is 790. The molecule has 0 aromatic rings. The van der Waals surface area contributed by atoms with E-state index in [0.29, 0.717) is 0 Å². The Hall–Kier alpha value is -0.0400. The summed E-state index contributed by atoms with van der Waals surface area (Å²) in [7, 11) is 0. The molecule has 41 heavy (non-hydrogen) atoms. The van der Waals surface area contributed by atoms with Crippen molar-refractivity contribution in [3.05, 3.63) is 0 Å². The predicted molar refractivity (Wildman–Crippen MR) is 173 cm³/mol. The summed E-state index contributed by atoms with van der Waals surface area (Å²) >= 11 is 0. The smallest absolute Gasteiger partial charge is 0.0131 e. The summed E-state index contributed by atoms with van der Waals surface area (Å²) in [4.78, 5) is 0. The maximum absolute atomic E-state index is 4.48. The van der Waals surface area contributed by atoms with Crippen LogP contribution in [0.4, 0.5) is 0 Å². The maximum Gasteiger partial charge on any atom is 0.0131 e. The van der Waals surface area contributed by atoms with Crippen molar-refractivity contribution < 1.29 is 0 Å². The van der Waals surface area contributed by atoms with Gasteiger partial charge in [-0.1, -0.05) is 77.0 Å². The van der Waals surface area contributed by atoms with Gasteiger partial charge >= 0.3 is 0 Å². The lowest BCUT2D eigenvalue weighted by Gasteiger charge is -2.55. The van der Waals surface area contributed by atoms with Crippen molar-refractivity contribution in [2.45, 2.75) is 179 Å². The molecule has 8 saturated carbocycles. The first-order valence-electron chi connectivity index (χ1n) is 20.1. The summed E-state index contributed by atoms with van der Waals surface area (Å²) in [5, 5.41) is 4.48. The van der Waals surface area contributed by atoms with Gasteiger partial charge in [0.2, 0.25) is 0 Å².